The first-order valence-corrected chi connectivity index (χ1v) is 9.52. The van der Waals surface area contributed by atoms with Crippen LogP contribution in [0.2, 0.25) is 0 Å². The van der Waals surface area contributed by atoms with Crippen LogP contribution in [0.25, 0.3) is 22.2 Å². The zero-order valence-corrected chi connectivity index (χ0v) is 16.2. The molecule has 0 fully saturated rings. The Balaban J connectivity index is 2.19. The molecule has 1 aromatic carbocycles. The minimum atomic E-state index is -4.60. The Morgan fingerprint density at radius 2 is 1.83 bits per heavy atom. The van der Waals surface area contributed by atoms with E-state index in [0.29, 0.717) is 28.6 Å². The van der Waals surface area contributed by atoms with E-state index in [1.807, 2.05) is 19.1 Å². The number of nitrogen functional groups attached to an aromatic ring is 1. The number of halogens is 3. The maximum absolute atomic E-state index is 13.9. The van der Waals surface area contributed by atoms with Gasteiger partial charge >= 0.3 is 6.18 Å². The van der Waals surface area contributed by atoms with Crippen LogP contribution in [0.4, 0.5) is 18.9 Å². The Kier molecular flexibility index (Phi) is 4.56. The van der Waals surface area contributed by atoms with E-state index in [9.17, 15) is 13.2 Å². The quantitative estimate of drug-likeness (QED) is 0.444. The highest BCUT2D eigenvalue weighted by Crippen LogP contribution is 2.43. The van der Waals surface area contributed by atoms with Crippen molar-refractivity contribution in [2.24, 2.45) is 0 Å². The molecule has 2 heterocycles. The van der Waals surface area contributed by atoms with Crippen molar-refractivity contribution in [1.82, 2.24) is 9.97 Å². The summed E-state index contributed by atoms with van der Waals surface area (Å²) < 4.78 is 41.7. The van der Waals surface area contributed by atoms with Gasteiger partial charge in [-0.3, -0.25) is 4.98 Å². The van der Waals surface area contributed by atoms with Crippen LogP contribution < -0.4 is 5.73 Å². The Morgan fingerprint density at radius 3 is 2.41 bits per heavy atom. The Morgan fingerprint density at radius 1 is 1.14 bits per heavy atom. The predicted molar refractivity (Wildman–Crippen MR) is 108 cm³/mol. The van der Waals surface area contributed by atoms with Gasteiger partial charge in [-0.05, 0) is 68.9 Å². The third-order valence-electron chi connectivity index (χ3n) is 5.47. The molecule has 3 N–H and O–H groups in total. The fraction of sp³-hybridized carbons (Fsp3) is 0.318. The fourth-order valence-electron chi connectivity index (χ4n) is 4.19. The van der Waals surface area contributed by atoms with Crippen molar-refractivity contribution in [2.75, 3.05) is 5.73 Å². The van der Waals surface area contributed by atoms with E-state index in [4.69, 9.17) is 11.1 Å². The molecule has 0 radical (unpaired) electrons. The monoisotopic (exact) mass is 398 g/mol. The number of alkyl halides is 3. The second-order valence-corrected chi connectivity index (χ2v) is 7.55. The molecular weight excluding hydrogens is 377 g/mol. The molecule has 1 aliphatic carbocycles. The molecule has 0 amide bonds. The number of rotatable bonds is 2. The topological polar surface area (TPSA) is 75.7 Å². The maximum atomic E-state index is 13.9. The summed E-state index contributed by atoms with van der Waals surface area (Å²) in [5.41, 5.74) is 9.32. The number of benzene rings is 1. The zero-order chi connectivity index (χ0) is 20.9. The van der Waals surface area contributed by atoms with Crippen molar-refractivity contribution in [1.29, 1.82) is 5.41 Å². The number of anilines is 1. The number of nitrogens with one attached hydrogen (secondary N) is 1. The van der Waals surface area contributed by atoms with E-state index >= 15 is 0 Å². The normalized spacial score (nSPS) is 14.1. The van der Waals surface area contributed by atoms with E-state index in [2.05, 4.69) is 9.97 Å². The summed E-state index contributed by atoms with van der Waals surface area (Å²) in [5, 5.41) is 8.52. The molecule has 2 aromatic heterocycles. The predicted octanol–water partition coefficient (Wildman–Crippen LogP) is 5.47. The number of hydrogen-bond acceptors (Lipinski definition) is 4. The van der Waals surface area contributed by atoms with Crippen molar-refractivity contribution in [2.45, 2.75) is 45.7 Å². The molecule has 0 unspecified atom stereocenters. The smallest absolute Gasteiger partial charge is 0.398 e. The van der Waals surface area contributed by atoms with Gasteiger partial charge in [0.2, 0.25) is 0 Å². The van der Waals surface area contributed by atoms with Gasteiger partial charge in [0.05, 0.1) is 16.8 Å². The highest BCUT2D eigenvalue weighted by Gasteiger charge is 2.36. The molecule has 150 valence electrons. The number of aromatic nitrogens is 2. The van der Waals surface area contributed by atoms with Crippen LogP contribution in [-0.4, -0.2) is 15.7 Å². The Labute approximate surface area is 166 Å². The largest absolute Gasteiger partial charge is 0.418 e. The van der Waals surface area contributed by atoms with Crippen LogP contribution in [0.15, 0.2) is 24.4 Å². The molecule has 0 atom stereocenters. The molecule has 0 saturated heterocycles. The van der Waals surface area contributed by atoms with Crippen LogP contribution in [-0.2, 0) is 19.0 Å². The van der Waals surface area contributed by atoms with Crippen molar-refractivity contribution < 1.29 is 13.2 Å². The van der Waals surface area contributed by atoms with Crippen LogP contribution >= 0.6 is 0 Å². The van der Waals surface area contributed by atoms with E-state index in [-0.39, 0.29) is 16.9 Å². The van der Waals surface area contributed by atoms with Gasteiger partial charge in [-0.15, -0.1) is 0 Å². The average molecular weight is 398 g/mol. The SMILES string of the molecule is CC(=N)c1c(N)cc(C(F)(F)F)c2nc(-c3ccc(C)nc3)c3c(c12)CCCC3. The maximum Gasteiger partial charge on any atom is 0.418 e. The Hall–Kier alpha value is -2.96. The van der Waals surface area contributed by atoms with Gasteiger partial charge in [0.1, 0.15) is 0 Å². The third kappa shape index (κ3) is 3.24. The minimum absolute atomic E-state index is 0.0309. The standard InChI is InChI=1S/C22H21F3N4/c1-11-7-8-13(10-28-11)20-15-6-4-3-5-14(15)19-18(12(2)26)17(27)9-16(21(19)29-20)22(23,24)25/h7-10,26H,3-6,27H2,1-2H3. The summed E-state index contributed by atoms with van der Waals surface area (Å²) >= 11 is 0. The molecule has 0 spiro atoms. The first-order valence-electron chi connectivity index (χ1n) is 9.52. The van der Waals surface area contributed by atoms with Crippen molar-refractivity contribution in [3.05, 3.63) is 52.3 Å². The van der Waals surface area contributed by atoms with Crippen molar-refractivity contribution in [3.8, 4) is 11.3 Å². The van der Waals surface area contributed by atoms with Gasteiger partial charge < -0.3 is 11.1 Å². The van der Waals surface area contributed by atoms with Gasteiger partial charge in [0.25, 0.3) is 0 Å². The number of nitrogens with zero attached hydrogens (tertiary/aromatic N) is 2. The molecule has 0 bridgehead atoms. The van der Waals surface area contributed by atoms with Crippen molar-refractivity contribution in [3.63, 3.8) is 0 Å². The summed E-state index contributed by atoms with van der Waals surface area (Å²) in [7, 11) is 0. The van der Waals surface area contributed by atoms with Crippen LogP contribution in [0.5, 0.6) is 0 Å². The second-order valence-electron chi connectivity index (χ2n) is 7.55. The molecule has 29 heavy (non-hydrogen) atoms. The summed E-state index contributed by atoms with van der Waals surface area (Å²) in [5.74, 6) is 0. The van der Waals surface area contributed by atoms with Crippen LogP contribution in [0.1, 0.15) is 47.7 Å². The summed E-state index contributed by atoms with van der Waals surface area (Å²) in [4.78, 5) is 8.83. The Bertz CT molecular complexity index is 1130. The molecule has 3 aromatic rings. The minimum Gasteiger partial charge on any atom is -0.398 e. The number of nitrogens with two attached hydrogens (primary N) is 1. The molecule has 7 heteroatoms. The number of fused-ring (bicyclic) bond motifs is 3. The summed E-state index contributed by atoms with van der Waals surface area (Å²) in [6.07, 6.45) is 0.255. The van der Waals surface area contributed by atoms with Crippen molar-refractivity contribution >= 4 is 22.3 Å². The fourth-order valence-corrected chi connectivity index (χ4v) is 4.19. The van der Waals surface area contributed by atoms with Gasteiger partial charge in [0.15, 0.2) is 0 Å². The van der Waals surface area contributed by atoms with E-state index in [1.165, 1.54) is 0 Å². The van der Waals surface area contributed by atoms with E-state index < -0.39 is 11.7 Å². The lowest BCUT2D eigenvalue weighted by atomic mass is 9.83. The molecule has 0 saturated carbocycles. The zero-order valence-electron chi connectivity index (χ0n) is 16.2. The summed E-state index contributed by atoms with van der Waals surface area (Å²) in [6, 6.07) is 4.59. The first-order chi connectivity index (χ1) is 13.7. The lowest BCUT2D eigenvalue weighted by molar-refractivity contribution is -0.136. The van der Waals surface area contributed by atoms with E-state index in [1.54, 1.807) is 13.1 Å². The van der Waals surface area contributed by atoms with Gasteiger partial charge in [-0.1, -0.05) is 0 Å². The third-order valence-corrected chi connectivity index (χ3v) is 5.47. The lowest BCUT2D eigenvalue weighted by Gasteiger charge is -2.25. The first kappa shape index (κ1) is 19.4. The van der Waals surface area contributed by atoms with Crippen LogP contribution in [0, 0.1) is 12.3 Å². The second kappa shape index (κ2) is 6.83. The lowest BCUT2D eigenvalue weighted by Crippen LogP contribution is -2.15. The average Bonchev–Trinajstić information content (AvgIpc) is 2.66. The van der Waals surface area contributed by atoms with E-state index in [0.717, 1.165) is 42.1 Å². The number of hydrogen-bond donors (Lipinski definition) is 2. The van der Waals surface area contributed by atoms with Crippen LogP contribution in [0.3, 0.4) is 0 Å². The molecule has 1 aliphatic rings. The molecule has 4 rings (SSSR count). The van der Waals surface area contributed by atoms with Gasteiger partial charge in [-0.2, -0.15) is 13.2 Å². The highest BCUT2D eigenvalue weighted by atomic mass is 19.4. The summed E-state index contributed by atoms with van der Waals surface area (Å²) in [6.45, 7) is 3.40. The molecular formula is C22H21F3N4. The molecule has 0 aliphatic heterocycles. The molecule has 4 nitrogen and oxygen atoms in total. The van der Waals surface area contributed by atoms with Gasteiger partial charge in [0, 0.05) is 39.8 Å². The number of aryl methyl sites for hydroxylation is 2. The van der Waals surface area contributed by atoms with Gasteiger partial charge in [-0.25, -0.2) is 4.98 Å². The number of pyridine rings is 2. The highest BCUT2D eigenvalue weighted by molar-refractivity contribution is 6.14.